The number of rotatable bonds is 8. The van der Waals surface area contributed by atoms with Crippen LogP contribution in [0.4, 0.5) is 0 Å². The molecule has 0 aliphatic carbocycles. The second-order valence-corrected chi connectivity index (χ2v) is 7.32. The van der Waals surface area contributed by atoms with Crippen molar-refractivity contribution in [3.63, 3.8) is 0 Å². The Morgan fingerprint density at radius 1 is 1.48 bits per heavy atom. The summed E-state index contributed by atoms with van der Waals surface area (Å²) < 4.78 is 29.8. The van der Waals surface area contributed by atoms with Crippen LogP contribution in [0.15, 0.2) is 0 Å². The maximum Gasteiger partial charge on any atom is 0.225 e. The molecule has 1 amide bonds. The van der Waals surface area contributed by atoms with E-state index in [1.54, 1.807) is 7.11 Å². The van der Waals surface area contributed by atoms with Crippen molar-refractivity contribution in [3.8, 4) is 0 Å². The quantitative estimate of drug-likeness (QED) is 0.637. The van der Waals surface area contributed by atoms with Gasteiger partial charge in [-0.15, -0.1) is 0 Å². The monoisotopic (exact) mass is 321 g/mol. The predicted octanol–water partition coefficient (Wildman–Crippen LogP) is -0.329. The molecule has 0 radical (unpaired) electrons. The van der Waals surface area contributed by atoms with Gasteiger partial charge >= 0.3 is 0 Å². The van der Waals surface area contributed by atoms with Gasteiger partial charge in [-0.3, -0.25) is 4.79 Å². The smallest absolute Gasteiger partial charge is 0.225 e. The number of nitrogens with zero attached hydrogens (tertiary/aromatic N) is 1. The lowest BCUT2D eigenvalue weighted by Crippen LogP contribution is -2.46. The minimum atomic E-state index is -3.18. The number of hydrogen-bond donors (Lipinski definition) is 2. The molecule has 1 fully saturated rings. The minimum Gasteiger partial charge on any atom is -0.380 e. The molecule has 1 aliphatic heterocycles. The molecular formula is C13H27N3O4S. The first-order valence-electron chi connectivity index (χ1n) is 7.34. The number of ether oxygens (including phenoxy) is 1. The zero-order chi connectivity index (χ0) is 15.9. The molecule has 2 atom stereocenters. The summed E-state index contributed by atoms with van der Waals surface area (Å²) >= 11 is 0. The molecule has 0 aromatic rings. The number of likely N-dealkylation sites (tertiary alicyclic amines) is 1. The van der Waals surface area contributed by atoms with Crippen molar-refractivity contribution in [2.45, 2.75) is 44.2 Å². The first-order valence-corrected chi connectivity index (χ1v) is 9.23. The first-order chi connectivity index (χ1) is 9.87. The number of nitrogens with two attached hydrogens (primary N) is 1. The fourth-order valence-electron chi connectivity index (χ4n) is 2.61. The fraction of sp³-hybridized carbons (Fsp3) is 0.923. The number of amides is 1. The highest BCUT2D eigenvalue weighted by Crippen LogP contribution is 2.21. The van der Waals surface area contributed by atoms with Gasteiger partial charge in [0.1, 0.15) is 0 Å². The Balaban J connectivity index is 2.53. The molecule has 0 aromatic heterocycles. The van der Waals surface area contributed by atoms with Gasteiger partial charge in [0.2, 0.25) is 15.9 Å². The third-order valence-electron chi connectivity index (χ3n) is 3.79. The van der Waals surface area contributed by atoms with Gasteiger partial charge in [0.25, 0.3) is 0 Å². The molecule has 0 aromatic carbocycles. The standard InChI is InChI=1S/C13H27N3O4S/c1-20-12(10-14)9-13(17)16-8-4-3-5-11(16)6-7-15-21(2,18)19/h11-12,15H,3-10,14H2,1-2H3. The van der Waals surface area contributed by atoms with E-state index in [9.17, 15) is 13.2 Å². The molecular weight excluding hydrogens is 294 g/mol. The number of carbonyl (C=O) groups is 1. The SMILES string of the molecule is COC(CN)CC(=O)N1CCCCC1CCNS(C)(=O)=O. The maximum atomic E-state index is 12.3. The molecule has 1 saturated heterocycles. The summed E-state index contributed by atoms with van der Waals surface area (Å²) in [5, 5.41) is 0. The minimum absolute atomic E-state index is 0.0383. The van der Waals surface area contributed by atoms with Crippen LogP contribution < -0.4 is 10.5 Å². The first kappa shape index (κ1) is 18.3. The number of nitrogens with one attached hydrogen (secondary N) is 1. The Kier molecular flexibility index (Phi) is 7.58. The predicted molar refractivity (Wildman–Crippen MR) is 81.3 cm³/mol. The maximum absolute atomic E-state index is 12.3. The highest BCUT2D eigenvalue weighted by molar-refractivity contribution is 7.88. The summed E-state index contributed by atoms with van der Waals surface area (Å²) in [6.45, 7) is 1.40. The lowest BCUT2D eigenvalue weighted by Gasteiger charge is -2.36. The van der Waals surface area contributed by atoms with Crippen LogP contribution in [-0.4, -0.2) is 64.4 Å². The zero-order valence-electron chi connectivity index (χ0n) is 12.9. The largest absolute Gasteiger partial charge is 0.380 e. The topological polar surface area (TPSA) is 102 Å². The molecule has 0 saturated carbocycles. The summed E-state index contributed by atoms with van der Waals surface area (Å²) in [4.78, 5) is 14.2. The van der Waals surface area contributed by atoms with Crippen molar-refractivity contribution < 1.29 is 17.9 Å². The van der Waals surface area contributed by atoms with Gasteiger partial charge < -0.3 is 15.4 Å². The average molecular weight is 321 g/mol. The second-order valence-electron chi connectivity index (χ2n) is 5.49. The Hall–Kier alpha value is -0.700. The molecule has 0 bridgehead atoms. The van der Waals surface area contributed by atoms with E-state index in [2.05, 4.69) is 4.72 Å². The van der Waals surface area contributed by atoms with Crippen LogP contribution in [0.5, 0.6) is 0 Å². The van der Waals surface area contributed by atoms with Crippen LogP contribution in [0, 0.1) is 0 Å². The van der Waals surface area contributed by atoms with Crippen LogP contribution in [0.2, 0.25) is 0 Å². The van der Waals surface area contributed by atoms with Gasteiger partial charge in [0.15, 0.2) is 0 Å². The number of methoxy groups -OCH3 is 1. The van der Waals surface area contributed by atoms with Gasteiger partial charge in [0.05, 0.1) is 18.8 Å². The van der Waals surface area contributed by atoms with Crippen LogP contribution in [-0.2, 0) is 19.6 Å². The highest BCUT2D eigenvalue weighted by atomic mass is 32.2. The van der Waals surface area contributed by atoms with Crippen molar-refractivity contribution in [3.05, 3.63) is 0 Å². The Labute approximate surface area is 127 Å². The van der Waals surface area contributed by atoms with E-state index in [0.717, 1.165) is 32.1 Å². The molecule has 2 unspecified atom stereocenters. The Morgan fingerprint density at radius 3 is 2.76 bits per heavy atom. The van der Waals surface area contributed by atoms with Crippen molar-refractivity contribution in [2.24, 2.45) is 5.73 Å². The summed E-state index contributed by atoms with van der Waals surface area (Å²) in [6.07, 6.45) is 4.77. The van der Waals surface area contributed by atoms with Crippen LogP contribution in [0.25, 0.3) is 0 Å². The number of piperidine rings is 1. The molecule has 3 N–H and O–H groups in total. The molecule has 1 rings (SSSR count). The number of carbonyl (C=O) groups excluding carboxylic acids is 1. The van der Waals surface area contributed by atoms with E-state index in [1.807, 2.05) is 4.90 Å². The molecule has 1 heterocycles. The molecule has 0 spiro atoms. The van der Waals surface area contributed by atoms with Crippen LogP contribution in [0.3, 0.4) is 0 Å². The van der Waals surface area contributed by atoms with Crippen LogP contribution in [0.1, 0.15) is 32.1 Å². The summed E-state index contributed by atoms with van der Waals surface area (Å²) in [6, 6.07) is 0.0933. The molecule has 8 heteroatoms. The van der Waals surface area contributed by atoms with E-state index in [-0.39, 0.29) is 24.5 Å². The molecule has 1 aliphatic rings. The third kappa shape index (κ3) is 6.73. The second kappa shape index (κ2) is 8.67. The molecule has 124 valence electrons. The third-order valence-corrected chi connectivity index (χ3v) is 4.52. The summed E-state index contributed by atoms with van der Waals surface area (Å²) in [5.41, 5.74) is 5.55. The fourth-order valence-corrected chi connectivity index (χ4v) is 3.10. The Bertz CT molecular complexity index is 423. The number of sulfonamides is 1. The highest BCUT2D eigenvalue weighted by Gasteiger charge is 2.27. The van der Waals surface area contributed by atoms with Gasteiger partial charge in [-0.2, -0.15) is 0 Å². The van der Waals surface area contributed by atoms with Crippen molar-refractivity contribution in [1.29, 1.82) is 0 Å². The van der Waals surface area contributed by atoms with Gasteiger partial charge in [0, 0.05) is 32.8 Å². The van der Waals surface area contributed by atoms with Crippen molar-refractivity contribution in [1.82, 2.24) is 9.62 Å². The summed E-state index contributed by atoms with van der Waals surface area (Å²) in [7, 11) is -1.63. The van der Waals surface area contributed by atoms with Gasteiger partial charge in [-0.1, -0.05) is 0 Å². The molecule has 7 nitrogen and oxygen atoms in total. The lowest BCUT2D eigenvalue weighted by molar-refractivity contribution is -0.137. The van der Waals surface area contributed by atoms with E-state index in [4.69, 9.17) is 10.5 Å². The normalized spacial score (nSPS) is 21.3. The van der Waals surface area contributed by atoms with Crippen molar-refractivity contribution >= 4 is 15.9 Å². The number of hydrogen-bond acceptors (Lipinski definition) is 5. The van der Waals surface area contributed by atoms with E-state index in [1.165, 1.54) is 0 Å². The van der Waals surface area contributed by atoms with Gasteiger partial charge in [-0.05, 0) is 25.7 Å². The van der Waals surface area contributed by atoms with E-state index >= 15 is 0 Å². The Morgan fingerprint density at radius 2 is 2.19 bits per heavy atom. The molecule has 21 heavy (non-hydrogen) atoms. The van der Waals surface area contributed by atoms with Gasteiger partial charge in [-0.25, -0.2) is 13.1 Å². The zero-order valence-corrected chi connectivity index (χ0v) is 13.7. The summed E-state index contributed by atoms with van der Waals surface area (Å²) in [5.74, 6) is 0.0383. The lowest BCUT2D eigenvalue weighted by atomic mass is 9.98. The van der Waals surface area contributed by atoms with E-state index < -0.39 is 10.0 Å². The van der Waals surface area contributed by atoms with Crippen molar-refractivity contribution in [2.75, 3.05) is 33.0 Å². The van der Waals surface area contributed by atoms with Crippen LogP contribution >= 0.6 is 0 Å². The van der Waals surface area contributed by atoms with E-state index in [0.29, 0.717) is 19.5 Å². The average Bonchev–Trinajstić information content (AvgIpc) is 2.43.